The maximum atomic E-state index is 12.8. The highest BCUT2D eigenvalue weighted by molar-refractivity contribution is 8.18. The third-order valence-corrected chi connectivity index (χ3v) is 4.85. The predicted octanol–water partition coefficient (Wildman–Crippen LogP) is 4.10. The standard InChI is InChI=1S/C20H18N2O4S/c1-2-10-22-18(24)17(11-13-6-8-16(23)9-7-13)27-20(22)21-15-5-3-4-14(12-15)19(25)26/h3-9,11-12,23H,2,10H2,1H3,(H,25,26)/b17-11-,21-20?. The first kappa shape index (κ1) is 18.7. The summed E-state index contributed by atoms with van der Waals surface area (Å²) in [7, 11) is 0. The summed E-state index contributed by atoms with van der Waals surface area (Å²) in [6.45, 7) is 2.50. The van der Waals surface area contributed by atoms with E-state index >= 15 is 0 Å². The van der Waals surface area contributed by atoms with Crippen LogP contribution in [0.15, 0.2) is 58.4 Å². The van der Waals surface area contributed by atoms with Crippen molar-refractivity contribution in [1.82, 2.24) is 4.90 Å². The van der Waals surface area contributed by atoms with Gasteiger partial charge in [-0.1, -0.05) is 25.1 Å². The van der Waals surface area contributed by atoms with Crippen molar-refractivity contribution in [2.45, 2.75) is 13.3 Å². The highest BCUT2D eigenvalue weighted by atomic mass is 32.2. The largest absolute Gasteiger partial charge is 0.508 e. The van der Waals surface area contributed by atoms with Crippen LogP contribution in [0.25, 0.3) is 6.08 Å². The predicted molar refractivity (Wildman–Crippen MR) is 106 cm³/mol. The van der Waals surface area contributed by atoms with E-state index in [-0.39, 0.29) is 17.2 Å². The van der Waals surface area contributed by atoms with Gasteiger partial charge in [-0.05, 0) is 60.2 Å². The van der Waals surface area contributed by atoms with E-state index in [4.69, 9.17) is 5.11 Å². The molecular weight excluding hydrogens is 364 g/mol. The number of carbonyl (C=O) groups excluding carboxylic acids is 1. The van der Waals surface area contributed by atoms with Crippen LogP contribution in [-0.2, 0) is 4.79 Å². The summed E-state index contributed by atoms with van der Waals surface area (Å²) in [5.74, 6) is -0.996. The number of aromatic carboxylic acids is 1. The number of hydrogen-bond donors (Lipinski definition) is 2. The minimum Gasteiger partial charge on any atom is -0.508 e. The summed E-state index contributed by atoms with van der Waals surface area (Å²) < 4.78 is 0. The number of benzene rings is 2. The van der Waals surface area contributed by atoms with Crippen molar-refractivity contribution in [3.63, 3.8) is 0 Å². The van der Waals surface area contributed by atoms with Crippen molar-refractivity contribution >= 4 is 40.6 Å². The van der Waals surface area contributed by atoms with E-state index in [9.17, 15) is 14.7 Å². The van der Waals surface area contributed by atoms with Gasteiger partial charge in [-0.2, -0.15) is 0 Å². The molecule has 0 radical (unpaired) electrons. The zero-order chi connectivity index (χ0) is 19.4. The molecule has 1 amide bonds. The minimum absolute atomic E-state index is 0.136. The number of amidine groups is 1. The van der Waals surface area contributed by atoms with Gasteiger partial charge in [-0.3, -0.25) is 9.69 Å². The van der Waals surface area contributed by atoms with Crippen LogP contribution in [0, 0.1) is 0 Å². The Balaban J connectivity index is 1.94. The van der Waals surface area contributed by atoms with Crippen molar-refractivity contribution in [1.29, 1.82) is 0 Å². The van der Waals surface area contributed by atoms with Gasteiger partial charge in [0.15, 0.2) is 5.17 Å². The average molecular weight is 382 g/mol. The SMILES string of the molecule is CCCN1C(=O)/C(=C/c2ccc(O)cc2)SC1=Nc1cccc(C(=O)O)c1. The Morgan fingerprint density at radius 2 is 1.96 bits per heavy atom. The number of aliphatic imine (C=N–C) groups is 1. The Hall–Kier alpha value is -3.06. The van der Waals surface area contributed by atoms with Gasteiger partial charge in [0, 0.05) is 6.54 Å². The van der Waals surface area contributed by atoms with E-state index < -0.39 is 5.97 Å². The molecule has 1 fully saturated rings. The first-order valence-electron chi connectivity index (χ1n) is 8.40. The van der Waals surface area contributed by atoms with Gasteiger partial charge in [-0.25, -0.2) is 9.79 Å². The molecule has 2 aromatic carbocycles. The lowest BCUT2D eigenvalue weighted by atomic mass is 10.2. The molecule has 27 heavy (non-hydrogen) atoms. The second kappa shape index (κ2) is 8.09. The van der Waals surface area contributed by atoms with Crippen LogP contribution in [0.5, 0.6) is 5.75 Å². The van der Waals surface area contributed by atoms with E-state index in [0.717, 1.165) is 12.0 Å². The lowest BCUT2D eigenvalue weighted by molar-refractivity contribution is -0.122. The zero-order valence-electron chi connectivity index (χ0n) is 14.6. The number of nitrogens with zero attached hydrogens (tertiary/aromatic N) is 2. The topological polar surface area (TPSA) is 90.2 Å². The van der Waals surface area contributed by atoms with Crippen molar-refractivity contribution < 1.29 is 19.8 Å². The number of rotatable bonds is 5. The van der Waals surface area contributed by atoms with Crippen LogP contribution in [0.4, 0.5) is 5.69 Å². The number of thioether (sulfide) groups is 1. The molecule has 7 heteroatoms. The summed E-state index contributed by atoms with van der Waals surface area (Å²) >= 11 is 1.25. The van der Waals surface area contributed by atoms with Crippen LogP contribution in [0.2, 0.25) is 0 Å². The third-order valence-electron chi connectivity index (χ3n) is 3.84. The number of hydrogen-bond acceptors (Lipinski definition) is 5. The van der Waals surface area contributed by atoms with E-state index in [1.54, 1.807) is 47.4 Å². The molecule has 1 aliphatic heterocycles. The van der Waals surface area contributed by atoms with Gasteiger partial charge in [0.05, 0.1) is 16.2 Å². The molecule has 0 aliphatic carbocycles. The first-order valence-corrected chi connectivity index (χ1v) is 9.22. The number of phenolic OH excluding ortho intramolecular Hbond substituents is 1. The van der Waals surface area contributed by atoms with E-state index in [1.165, 1.54) is 23.9 Å². The lowest BCUT2D eigenvalue weighted by Gasteiger charge is -2.14. The van der Waals surface area contributed by atoms with Crippen molar-refractivity contribution in [3.05, 3.63) is 64.6 Å². The highest BCUT2D eigenvalue weighted by Crippen LogP contribution is 2.34. The van der Waals surface area contributed by atoms with Gasteiger partial charge in [0.25, 0.3) is 5.91 Å². The van der Waals surface area contributed by atoms with Gasteiger partial charge in [-0.15, -0.1) is 0 Å². The second-order valence-corrected chi connectivity index (χ2v) is 6.92. The van der Waals surface area contributed by atoms with Gasteiger partial charge in [0.2, 0.25) is 0 Å². The number of carbonyl (C=O) groups is 2. The van der Waals surface area contributed by atoms with Crippen molar-refractivity contribution in [2.24, 2.45) is 4.99 Å². The Morgan fingerprint density at radius 1 is 1.22 bits per heavy atom. The summed E-state index contributed by atoms with van der Waals surface area (Å²) in [6, 6.07) is 12.9. The molecule has 2 N–H and O–H groups in total. The van der Waals surface area contributed by atoms with E-state index in [1.807, 2.05) is 6.92 Å². The fourth-order valence-electron chi connectivity index (χ4n) is 2.55. The van der Waals surface area contributed by atoms with E-state index in [0.29, 0.717) is 22.3 Å². The smallest absolute Gasteiger partial charge is 0.335 e. The Bertz CT molecular complexity index is 935. The maximum absolute atomic E-state index is 12.8. The van der Waals surface area contributed by atoms with Crippen LogP contribution >= 0.6 is 11.8 Å². The first-order chi connectivity index (χ1) is 13.0. The fourth-order valence-corrected chi connectivity index (χ4v) is 3.58. The summed E-state index contributed by atoms with van der Waals surface area (Å²) in [5.41, 5.74) is 1.43. The van der Waals surface area contributed by atoms with Crippen LogP contribution < -0.4 is 0 Å². The Morgan fingerprint density at radius 3 is 2.63 bits per heavy atom. The van der Waals surface area contributed by atoms with Crippen molar-refractivity contribution in [2.75, 3.05) is 6.54 Å². The number of amides is 1. The second-order valence-electron chi connectivity index (χ2n) is 5.91. The molecule has 3 rings (SSSR count). The monoisotopic (exact) mass is 382 g/mol. The highest BCUT2D eigenvalue weighted by Gasteiger charge is 2.32. The van der Waals surface area contributed by atoms with Crippen molar-refractivity contribution in [3.8, 4) is 5.75 Å². The number of carboxylic acid groups (broad SMARTS) is 1. The fraction of sp³-hybridized carbons (Fsp3) is 0.150. The summed E-state index contributed by atoms with van der Waals surface area (Å²) in [6.07, 6.45) is 2.53. The molecule has 1 heterocycles. The number of aromatic hydroxyl groups is 1. The Kier molecular flexibility index (Phi) is 5.61. The van der Waals surface area contributed by atoms with E-state index in [2.05, 4.69) is 4.99 Å². The molecule has 0 saturated carbocycles. The molecule has 1 aliphatic rings. The molecule has 2 aromatic rings. The zero-order valence-corrected chi connectivity index (χ0v) is 15.4. The molecule has 6 nitrogen and oxygen atoms in total. The molecule has 0 atom stereocenters. The van der Waals surface area contributed by atoms with Gasteiger partial charge < -0.3 is 10.2 Å². The third kappa shape index (κ3) is 4.38. The molecule has 0 spiro atoms. The lowest BCUT2D eigenvalue weighted by Crippen LogP contribution is -2.29. The molecule has 0 aromatic heterocycles. The average Bonchev–Trinajstić information content (AvgIpc) is 2.93. The Labute approximate surface area is 160 Å². The van der Waals surface area contributed by atoms with Crippen LogP contribution in [-0.4, -0.2) is 38.7 Å². The van der Waals surface area contributed by atoms with Crippen LogP contribution in [0.3, 0.4) is 0 Å². The van der Waals surface area contributed by atoms with Crippen LogP contribution in [0.1, 0.15) is 29.3 Å². The number of phenols is 1. The molecule has 0 unspecified atom stereocenters. The van der Waals surface area contributed by atoms with Gasteiger partial charge >= 0.3 is 5.97 Å². The molecule has 1 saturated heterocycles. The van der Waals surface area contributed by atoms with Gasteiger partial charge in [0.1, 0.15) is 5.75 Å². The minimum atomic E-state index is -1.02. The normalized spacial score (nSPS) is 17.1. The maximum Gasteiger partial charge on any atom is 0.335 e. The number of carboxylic acids is 1. The molecule has 0 bridgehead atoms. The molecular formula is C20H18N2O4S. The summed E-state index contributed by atoms with van der Waals surface area (Å²) in [5, 5.41) is 19.0. The molecule has 138 valence electrons. The summed E-state index contributed by atoms with van der Waals surface area (Å²) in [4.78, 5) is 30.5. The quantitative estimate of drug-likeness (QED) is 0.760.